The summed E-state index contributed by atoms with van der Waals surface area (Å²) in [6.45, 7) is 3.96. The Balaban J connectivity index is 1.73. The van der Waals surface area contributed by atoms with Gasteiger partial charge in [-0.15, -0.1) is 0 Å². The lowest BCUT2D eigenvalue weighted by molar-refractivity contribution is 0.102. The topological polar surface area (TPSA) is 71.1 Å². The highest BCUT2D eigenvalue weighted by Crippen LogP contribution is 2.16. The number of halogens is 1. The summed E-state index contributed by atoms with van der Waals surface area (Å²) in [5.41, 5.74) is 3.73. The van der Waals surface area contributed by atoms with Gasteiger partial charge in [0.05, 0.1) is 0 Å². The molecule has 0 aliphatic rings. The van der Waals surface area contributed by atoms with E-state index in [4.69, 9.17) is 0 Å². The van der Waals surface area contributed by atoms with E-state index in [9.17, 15) is 14.0 Å². The summed E-state index contributed by atoms with van der Waals surface area (Å²) in [5, 5.41) is 5.42. The molecular formula is C21H18FN3O2. The van der Waals surface area contributed by atoms with E-state index in [-0.39, 0.29) is 11.6 Å². The number of hydrogen-bond acceptors (Lipinski definition) is 3. The third-order valence-corrected chi connectivity index (χ3v) is 4.12. The van der Waals surface area contributed by atoms with Crippen LogP contribution >= 0.6 is 0 Å². The van der Waals surface area contributed by atoms with Crippen LogP contribution in [0.1, 0.15) is 32.0 Å². The predicted octanol–water partition coefficient (Wildman–Crippen LogP) is 4.34. The van der Waals surface area contributed by atoms with Crippen LogP contribution in [0, 0.1) is 19.7 Å². The maximum Gasteiger partial charge on any atom is 0.274 e. The van der Waals surface area contributed by atoms with Gasteiger partial charge in [0.25, 0.3) is 11.8 Å². The smallest absolute Gasteiger partial charge is 0.274 e. The predicted molar refractivity (Wildman–Crippen MR) is 102 cm³/mol. The Bertz CT molecular complexity index is 1000. The molecule has 0 radical (unpaired) electrons. The summed E-state index contributed by atoms with van der Waals surface area (Å²) in [6, 6.07) is 14.0. The van der Waals surface area contributed by atoms with E-state index >= 15 is 0 Å². The quantitative estimate of drug-likeness (QED) is 0.724. The number of aromatic nitrogens is 1. The summed E-state index contributed by atoms with van der Waals surface area (Å²) >= 11 is 0. The van der Waals surface area contributed by atoms with Crippen molar-refractivity contribution in [2.75, 3.05) is 10.6 Å². The molecule has 27 heavy (non-hydrogen) atoms. The molecule has 0 saturated heterocycles. The normalized spacial score (nSPS) is 10.3. The minimum Gasteiger partial charge on any atom is -0.322 e. The molecule has 0 spiro atoms. The Morgan fingerprint density at radius 1 is 0.815 bits per heavy atom. The standard InChI is InChI=1S/C21H18FN3O2/c1-13-3-6-18(11-14(13)2)25-20(26)15-9-10-23-19(12-15)21(27)24-17-7-4-16(22)5-8-17/h3-12H,1-2H3,(H,24,27)(H,25,26). The van der Waals surface area contributed by atoms with Crippen molar-refractivity contribution in [3.63, 3.8) is 0 Å². The maximum absolute atomic E-state index is 12.9. The highest BCUT2D eigenvalue weighted by atomic mass is 19.1. The summed E-state index contributed by atoms with van der Waals surface area (Å²) in [4.78, 5) is 28.8. The van der Waals surface area contributed by atoms with E-state index in [2.05, 4.69) is 15.6 Å². The van der Waals surface area contributed by atoms with Gasteiger partial charge in [-0.05, 0) is 73.5 Å². The Morgan fingerprint density at radius 2 is 1.48 bits per heavy atom. The molecule has 3 aromatic rings. The molecule has 0 saturated carbocycles. The highest BCUT2D eigenvalue weighted by molar-refractivity contribution is 6.07. The van der Waals surface area contributed by atoms with Crippen LogP contribution in [0.4, 0.5) is 15.8 Å². The van der Waals surface area contributed by atoms with Crippen LogP contribution in [0.2, 0.25) is 0 Å². The summed E-state index contributed by atoms with van der Waals surface area (Å²) in [5.74, 6) is -1.21. The number of anilines is 2. The Kier molecular flexibility index (Phi) is 5.26. The number of amides is 2. The lowest BCUT2D eigenvalue weighted by Gasteiger charge is -2.09. The molecule has 0 atom stereocenters. The largest absolute Gasteiger partial charge is 0.322 e. The van der Waals surface area contributed by atoms with Crippen LogP contribution < -0.4 is 10.6 Å². The van der Waals surface area contributed by atoms with Crippen LogP contribution in [-0.4, -0.2) is 16.8 Å². The number of carbonyl (C=O) groups excluding carboxylic acids is 2. The number of benzene rings is 2. The van der Waals surface area contributed by atoms with Crippen molar-refractivity contribution >= 4 is 23.2 Å². The van der Waals surface area contributed by atoms with Crippen molar-refractivity contribution in [1.82, 2.24) is 4.98 Å². The highest BCUT2D eigenvalue weighted by Gasteiger charge is 2.13. The molecule has 1 aromatic heterocycles. The van der Waals surface area contributed by atoms with Gasteiger partial charge in [-0.25, -0.2) is 4.39 Å². The summed E-state index contributed by atoms with van der Waals surface area (Å²) in [7, 11) is 0. The number of pyridine rings is 1. The van der Waals surface area contributed by atoms with Gasteiger partial charge < -0.3 is 10.6 Å². The Labute approximate surface area is 156 Å². The first-order chi connectivity index (χ1) is 12.9. The van der Waals surface area contributed by atoms with Gasteiger partial charge in [0.1, 0.15) is 11.5 Å². The van der Waals surface area contributed by atoms with E-state index < -0.39 is 11.7 Å². The first-order valence-electron chi connectivity index (χ1n) is 8.34. The summed E-state index contributed by atoms with van der Waals surface area (Å²) < 4.78 is 12.9. The average molecular weight is 363 g/mol. The molecule has 0 fully saturated rings. The first kappa shape index (κ1) is 18.3. The van der Waals surface area contributed by atoms with Crippen molar-refractivity contribution in [1.29, 1.82) is 0 Å². The lowest BCUT2D eigenvalue weighted by Crippen LogP contribution is -2.17. The molecule has 6 heteroatoms. The van der Waals surface area contributed by atoms with E-state index in [0.29, 0.717) is 16.9 Å². The van der Waals surface area contributed by atoms with Crippen molar-refractivity contribution < 1.29 is 14.0 Å². The van der Waals surface area contributed by atoms with E-state index in [0.717, 1.165) is 11.1 Å². The second-order valence-corrected chi connectivity index (χ2v) is 6.14. The summed E-state index contributed by atoms with van der Waals surface area (Å²) in [6.07, 6.45) is 1.40. The fourth-order valence-electron chi connectivity index (χ4n) is 2.45. The molecule has 0 unspecified atom stereocenters. The molecule has 2 aromatic carbocycles. The molecule has 136 valence electrons. The van der Waals surface area contributed by atoms with E-state index in [1.165, 1.54) is 42.6 Å². The van der Waals surface area contributed by atoms with Crippen molar-refractivity contribution in [3.05, 3.63) is 89.0 Å². The van der Waals surface area contributed by atoms with Crippen molar-refractivity contribution in [3.8, 4) is 0 Å². The molecule has 2 N–H and O–H groups in total. The molecule has 0 bridgehead atoms. The fraction of sp³-hybridized carbons (Fsp3) is 0.0952. The number of carbonyl (C=O) groups is 2. The third kappa shape index (κ3) is 4.55. The Morgan fingerprint density at radius 3 is 2.19 bits per heavy atom. The maximum atomic E-state index is 12.9. The number of nitrogens with one attached hydrogen (secondary N) is 2. The van der Waals surface area contributed by atoms with Crippen LogP contribution in [0.5, 0.6) is 0 Å². The molecule has 0 aliphatic carbocycles. The van der Waals surface area contributed by atoms with Crippen LogP contribution in [0.15, 0.2) is 60.8 Å². The third-order valence-electron chi connectivity index (χ3n) is 4.12. The molecule has 1 heterocycles. The van der Waals surface area contributed by atoms with Crippen LogP contribution in [0.25, 0.3) is 0 Å². The van der Waals surface area contributed by atoms with Gasteiger partial charge in [0, 0.05) is 23.1 Å². The van der Waals surface area contributed by atoms with Gasteiger partial charge in [0.2, 0.25) is 0 Å². The van der Waals surface area contributed by atoms with Gasteiger partial charge in [-0.2, -0.15) is 0 Å². The average Bonchev–Trinajstić information content (AvgIpc) is 2.66. The molecule has 2 amide bonds. The van der Waals surface area contributed by atoms with Crippen molar-refractivity contribution in [2.45, 2.75) is 13.8 Å². The second kappa shape index (κ2) is 7.78. The van der Waals surface area contributed by atoms with E-state index in [1.54, 1.807) is 0 Å². The zero-order valence-corrected chi connectivity index (χ0v) is 14.9. The zero-order valence-electron chi connectivity index (χ0n) is 14.9. The number of nitrogens with zero attached hydrogens (tertiary/aromatic N) is 1. The number of aryl methyl sites for hydroxylation is 2. The molecular weight excluding hydrogens is 345 g/mol. The van der Waals surface area contributed by atoms with Gasteiger partial charge in [0.15, 0.2) is 0 Å². The SMILES string of the molecule is Cc1ccc(NC(=O)c2ccnc(C(=O)Nc3ccc(F)cc3)c2)cc1C. The zero-order chi connectivity index (χ0) is 19.4. The molecule has 3 rings (SSSR count). The second-order valence-electron chi connectivity index (χ2n) is 6.14. The van der Waals surface area contributed by atoms with E-state index in [1.807, 2.05) is 32.0 Å². The van der Waals surface area contributed by atoms with Gasteiger partial charge in [-0.3, -0.25) is 14.6 Å². The minimum atomic E-state index is -0.484. The van der Waals surface area contributed by atoms with Crippen LogP contribution in [0.3, 0.4) is 0 Å². The fourth-order valence-corrected chi connectivity index (χ4v) is 2.45. The number of rotatable bonds is 4. The monoisotopic (exact) mass is 363 g/mol. The minimum absolute atomic E-state index is 0.0899. The van der Waals surface area contributed by atoms with Gasteiger partial charge in [-0.1, -0.05) is 6.07 Å². The molecule has 0 aliphatic heterocycles. The number of hydrogen-bond donors (Lipinski definition) is 2. The first-order valence-corrected chi connectivity index (χ1v) is 8.34. The van der Waals surface area contributed by atoms with Crippen molar-refractivity contribution in [2.24, 2.45) is 0 Å². The lowest BCUT2D eigenvalue weighted by atomic mass is 10.1. The molecule has 5 nitrogen and oxygen atoms in total. The van der Waals surface area contributed by atoms with Crippen LogP contribution in [-0.2, 0) is 0 Å². The van der Waals surface area contributed by atoms with Gasteiger partial charge >= 0.3 is 0 Å². The Hall–Kier alpha value is -3.54.